The topological polar surface area (TPSA) is 59.3 Å². The summed E-state index contributed by atoms with van der Waals surface area (Å²) in [5.41, 5.74) is 1.02. The van der Waals surface area contributed by atoms with Crippen LogP contribution in [0.5, 0.6) is 0 Å². The molecule has 4 nitrogen and oxygen atoms in total. The van der Waals surface area contributed by atoms with Crippen LogP contribution >= 0.6 is 0 Å². The first-order valence-corrected chi connectivity index (χ1v) is 15.2. The third-order valence-corrected chi connectivity index (χ3v) is 10.5. The Morgan fingerprint density at radius 3 is 2.66 bits per heavy atom. The first kappa shape index (κ1) is 28.5. The van der Waals surface area contributed by atoms with Crippen LogP contribution in [0, 0.1) is 46.7 Å². The fourth-order valence-electron chi connectivity index (χ4n) is 8.41. The molecule has 2 N–H and O–H groups in total. The summed E-state index contributed by atoms with van der Waals surface area (Å²) in [4.78, 5) is 2.51. The van der Waals surface area contributed by atoms with E-state index in [9.17, 15) is 27.9 Å². The minimum atomic E-state index is -4.66. The Balaban J connectivity index is 1.12. The van der Waals surface area contributed by atoms with Crippen molar-refractivity contribution in [2.24, 2.45) is 29.6 Å². The van der Waals surface area contributed by atoms with Gasteiger partial charge in [0.15, 0.2) is 0 Å². The van der Waals surface area contributed by atoms with E-state index < -0.39 is 23.8 Å². The van der Waals surface area contributed by atoms with Gasteiger partial charge in [-0.3, -0.25) is 0 Å². The van der Waals surface area contributed by atoms with Crippen LogP contribution in [0.4, 0.5) is 23.2 Å². The molecule has 1 saturated heterocycles. The Morgan fingerprint density at radius 2 is 1.93 bits per heavy atom. The summed E-state index contributed by atoms with van der Waals surface area (Å²) < 4.78 is 53.8. The highest BCUT2D eigenvalue weighted by atomic mass is 19.4. The fourth-order valence-corrected chi connectivity index (χ4v) is 8.41. The molecule has 0 radical (unpaired) electrons. The molecule has 5 unspecified atom stereocenters. The summed E-state index contributed by atoms with van der Waals surface area (Å²) >= 11 is 0. The smallest absolute Gasteiger partial charge is 0.374 e. The second kappa shape index (κ2) is 11.2. The number of hydrogen-bond acceptors (Lipinski definition) is 4. The third-order valence-electron chi connectivity index (χ3n) is 10.5. The SMILES string of the molecule is N#Cc1cccc([C@@]23CC[C@@H](C4C(CCCCN5CCCC5)C4C(O)Nc4cc(F)cc(C(F)(F)F)c4)CC2C3)c1. The van der Waals surface area contributed by atoms with Crippen molar-refractivity contribution in [1.29, 1.82) is 5.26 Å². The Morgan fingerprint density at radius 1 is 1.12 bits per heavy atom. The molecule has 4 aliphatic rings. The lowest BCUT2D eigenvalue weighted by Gasteiger charge is -2.30. The van der Waals surface area contributed by atoms with Gasteiger partial charge in [0.1, 0.15) is 12.0 Å². The molecule has 0 spiro atoms. The van der Waals surface area contributed by atoms with E-state index in [2.05, 4.69) is 22.4 Å². The van der Waals surface area contributed by atoms with Crippen molar-refractivity contribution in [3.8, 4) is 6.07 Å². The number of anilines is 1. The molecule has 7 atom stereocenters. The number of benzene rings is 2. The quantitative estimate of drug-likeness (QED) is 0.179. The molecule has 0 bridgehead atoms. The number of alkyl halides is 3. The van der Waals surface area contributed by atoms with Crippen molar-refractivity contribution < 1.29 is 22.7 Å². The molecule has 1 heterocycles. The minimum Gasteiger partial charge on any atom is -0.374 e. The number of unbranched alkanes of at least 4 members (excludes halogenated alkanes) is 1. The van der Waals surface area contributed by atoms with Gasteiger partial charge in [-0.05, 0) is 136 Å². The Bertz CT molecular complexity index is 1290. The van der Waals surface area contributed by atoms with Gasteiger partial charge in [0, 0.05) is 11.6 Å². The lowest BCUT2D eigenvalue weighted by molar-refractivity contribution is -0.137. The summed E-state index contributed by atoms with van der Waals surface area (Å²) in [6, 6.07) is 12.6. The number of hydrogen-bond donors (Lipinski definition) is 2. The first-order valence-electron chi connectivity index (χ1n) is 15.2. The van der Waals surface area contributed by atoms with Gasteiger partial charge in [0.25, 0.3) is 0 Å². The summed E-state index contributed by atoms with van der Waals surface area (Å²) in [7, 11) is 0. The highest BCUT2D eigenvalue weighted by Crippen LogP contribution is 2.68. The number of likely N-dealkylation sites (tertiary alicyclic amines) is 1. The molecule has 3 aliphatic carbocycles. The fraction of sp³-hybridized carbons (Fsp3) is 0.606. The molecule has 0 amide bonds. The van der Waals surface area contributed by atoms with Crippen LogP contribution in [0.2, 0.25) is 0 Å². The van der Waals surface area contributed by atoms with Crippen molar-refractivity contribution in [2.45, 2.75) is 75.6 Å². The van der Waals surface area contributed by atoms with Gasteiger partial charge in [-0.2, -0.15) is 18.4 Å². The number of halogens is 4. The highest BCUT2D eigenvalue weighted by Gasteiger charge is 2.63. The van der Waals surface area contributed by atoms with Crippen molar-refractivity contribution in [3.63, 3.8) is 0 Å². The number of aliphatic hydroxyl groups is 1. The maximum absolute atomic E-state index is 14.0. The van der Waals surface area contributed by atoms with Gasteiger partial charge in [-0.15, -0.1) is 0 Å². The van der Waals surface area contributed by atoms with Crippen LogP contribution in [0.15, 0.2) is 42.5 Å². The van der Waals surface area contributed by atoms with Gasteiger partial charge in [0.05, 0.1) is 17.2 Å². The van der Waals surface area contributed by atoms with Crippen LogP contribution in [0.3, 0.4) is 0 Å². The molecule has 41 heavy (non-hydrogen) atoms. The number of nitrogens with zero attached hydrogens (tertiary/aromatic N) is 2. The van der Waals surface area contributed by atoms with Gasteiger partial charge in [0.2, 0.25) is 0 Å². The average Bonchev–Trinajstić information content (AvgIpc) is 3.80. The molecule has 220 valence electrons. The highest BCUT2D eigenvalue weighted by molar-refractivity contribution is 5.48. The van der Waals surface area contributed by atoms with Crippen molar-refractivity contribution >= 4 is 5.69 Å². The maximum atomic E-state index is 14.0. The first-order chi connectivity index (χ1) is 19.7. The Hall–Kier alpha value is -2.63. The Kier molecular flexibility index (Phi) is 7.80. The lowest BCUT2D eigenvalue weighted by Crippen LogP contribution is -2.26. The molecule has 2 aromatic carbocycles. The number of fused-ring (bicyclic) bond motifs is 1. The molecule has 1 aliphatic heterocycles. The zero-order valence-electron chi connectivity index (χ0n) is 23.3. The van der Waals surface area contributed by atoms with E-state index in [1.54, 1.807) is 0 Å². The molecular weight excluding hydrogens is 530 g/mol. The maximum Gasteiger partial charge on any atom is 0.416 e. The van der Waals surface area contributed by atoms with E-state index in [-0.39, 0.29) is 17.0 Å². The molecule has 3 saturated carbocycles. The number of nitriles is 1. The van der Waals surface area contributed by atoms with Crippen LogP contribution in [0.25, 0.3) is 0 Å². The molecule has 2 aromatic rings. The zero-order chi connectivity index (χ0) is 28.8. The summed E-state index contributed by atoms with van der Waals surface area (Å²) in [5.74, 6) is 0.609. The molecule has 4 fully saturated rings. The Labute approximate surface area is 239 Å². The largest absolute Gasteiger partial charge is 0.416 e. The second-order valence-electron chi connectivity index (χ2n) is 13.0. The summed E-state index contributed by atoms with van der Waals surface area (Å²) in [5, 5.41) is 23.4. The van der Waals surface area contributed by atoms with Crippen LogP contribution in [-0.4, -0.2) is 35.9 Å². The second-order valence-corrected chi connectivity index (χ2v) is 13.0. The van der Waals surface area contributed by atoms with Crippen LogP contribution < -0.4 is 5.32 Å². The average molecular weight is 570 g/mol. The number of nitrogens with one attached hydrogen (secondary N) is 1. The molecule has 8 heteroatoms. The van der Waals surface area contributed by atoms with E-state index in [1.807, 2.05) is 18.2 Å². The van der Waals surface area contributed by atoms with Crippen molar-refractivity contribution in [3.05, 3.63) is 65.0 Å². The van der Waals surface area contributed by atoms with Gasteiger partial charge in [-0.25, -0.2) is 4.39 Å². The monoisotopic (exact) mass is 569 g/mol. The van der Waals surface area contributed by atoms with Gasteiger partial charge < -0.3 is 15.3 Å². The number of rotatable bonds is 10. The van der Waals surface area contributed by atoms with Crippen molar-refractivity contribution in [2.75, 3.05) is 25.0 Å². The van der Waals surface area contributed by atoms with Crippen molar-refractivity contribution in [1.82, 2.24) is 4.90 Å². The molecular formula is C33H39F4N3O. The van der Waals surface area contributed by atoms with E-state index in [0.29, 0.717) is 35.3 Å². The zero-order valence-corrected chi connectivity index (χ0v) is 23.3. The standard InChI is InChI=1S/C33H39F4N3O/c34-26-16-24(33(35,36)37)17-27(18-26)39-31(41)30-28(8-1-2-11-40-12-3-4-13-40)29(30)22-9-10-32(19-25(32)15-22)23-7-5-6-21(14-23)20-38/h5-7,14,16-18,22,25,28-31,39,41H,1-4,8-13,15,19H2/t22-,25?,28?,29?,30?,31?,32+/m1/s1. The minimum absolute atomic E-state index is 0.0366. The summed E-state index contributed by atoms with van der Waals surface area (Å²) in [6.45, 7) is 3.45. The van der Waals surface area contributed by atoms with E-state index in [1.165, 1.54) is 31.5 Å². The lowest BCUT2D eigenvalue weighted by atomic mass is 9.75. The van der Waals surface area contributed by atoms with Crippen LogP contribution in [0.1, 0.15) is 74.5 Å². The predicted octanol–water partition coefficient (Wildman–Crippen LogP) is 7.33. The molecule has 0 aromatic heterocycles. The van der Waals surface area contributed by atoms with Crippen LogP contribution in [-0.2, 0) is 11.6 Å². The normalized spacial score (nSPS) is 31.8. The van der Waals surface area contributed by atoms with E-state index in [4.69, 9.17) is 0 Å². The van der Waals surface area contributed by atoms with Gasteiger partial charge >= 0.3 is 6.18 Å². The van der Waals surface area contributed by atoms with E-state index >= 15 is 0 Å². The predicted molar refractivity (Wildman–Crippen MR) is 149 cm³/mol. The summed E-state index contributed by atoms with van der Waals surface area (Å²) in [6.07, 6.45) is 4.35. The van der Waals surface area contributed by atoms with E-state index in [0.717, 1.165) is 63.6 Å². The van der Waals surface area contributed by atoms with Gasteiger partial charge in [-0.1, -0.05) is 18.6 Å². The third kappa shape index (κ3) is 5.99. The molecule has 6 rings (SSSR count). The number of aliphatic hydroxyl groups excluding tert-OH is 1.